The van der Waals surface area contributed by atoms with Crippen LogP contribution in [0.3, 0.4) is 0 Å². The molecule has 2 aromatic carbocycles. The Labute approximate surface area is 144 Å². The van der Waals surface area contributed by atoms with E-state index in [1.807, 2.05) is 35.6 Å². The molecule has 0 spiro atoms. The molecule has 1 nitrogen and oxygen atoms in total. The van der Waals surface area contributed by atoms with E-state index >= 15 is 0 Å². The van der Waals surface area contributed by atoms with Crippen molar-refractivity contribution >= 4 is 44.5 Å². The third-order valence-corrected chi connectivity index (χ3v) is 5.30. The van der Waals surface area contributed by atoms with E-state index in [0.717, 1.165) is 29.6 Å². The van der Waals surface area contributed by atoms with Gasteiger partial charge < -0.3 is 4.42 Å². The van der Waals surface area contributed by atoms with Gasteiger partial charge in [0.25, 0.3) is 0 Å². The maximum atomic E-state index is 5.93. The average molecular weight is 330 g/mol. The molecule has 0 aliphatic carbocycles. The zero-order valence-electron chi connectivity index (χ0n) is 13.4. The molecule has 2 heterocycles. The first-order chi connectivity index (χ1) is 11.8. The van der Waals surface area contributed by atoms with Crippen molar-refractivity contribution in [2.45, 2.75) is 12.8 Å². The maximum absolute atomic E-state index is 5.93. The number of hydrogen-bond donors (Lipinski definition) is 0. The lowest BCUT2D eigenvalue weighted by atomic mass is 10.2. The maximum Gasteiger partial charge on any atom is 0.134 e. The zero-order chi connectivity index (χ0) is 16.4. The fourth-order valence-corrected chi connectivity index (χ4v) is 4.12. The molecule has 2 heteroatoms. The first kappa shape index (κ1) is 15.0. The van der Waals surface area contributed by atoms with Crippen molar-refractivity contribution in [1.82, 2.24) is 0 Å². The van der Waals surface area contributed by atoms with E-state index in [9.17, 15) is 0 Å². The molecule has 2 aromatic heterocycles. The lowest BCUT2D eigenvalue weighted by Crippen LogP contribution is -2.18. The van der Waals surface area contributed by atoms with Crippen molar-refractivity contribution in [1.29, 1.82) is 0 Å². The smallest absolute Gasteiger partial charge is 0.134 e. The molecule has 0 saturated carbocycles. The lowest BCUT2D eigenvalue weighted by molar-refractivity contribution is 0.569. The number of benzene rings is 2. The second kappa shape index (κ2) is 6.50. The van der Waals surface area contributed by atoms with Gasteiger partial charge in [-0.3, -0.25) is 0 Å². The number of thiophene rings is 1. The summed E-state index contributed by atoms with van der Waals surface area (Å²) < 4.78 is 8.56. The Balaban J connectivity index is 1.80. The molecular formula is C22H18OS. The standard InChI is InChI=1S/C22H18OS/c1-2-3-9-18-19-10-5-7-12-21(19)24-22(18)14-13-17-15-16-8-4-6-11-20(16)23-17/h2,4-12,14-15H,1,3,13H2/b18-9-,22-14+. The van der Waals surface area contributed by atoms with Crippen molar-refractivity contribution < 1.29 is 4.42 Å². The van der Waals surface area contributed by atoms with Crippen molar-refractivity contribution in [2.75, 3.05) is 0 Å². The Kier molecular flexibility index (Phi) is 4.06. The number of furan rings is 1. The molecule has 0 N–H and O–H groups in total. The van der Waals surface area contributed by atoms with Crippen LogP contribution >= 0.6 is 11.3 Å². The summed E-state index contributed by atoms with van der Waals surface area (Å²) in [7, 11) is 0. The van der Waals surface area contributed by atoms with Crippen molar-refractivity contribution in [2.24, 2.45) is 0 Å². The van der Waals surface area contributed by atoms with Crippen LogP contribution < -0.4 is 9.75 Å². The predicted molar refractivity (Wildman–Crippen MR) is 105 cm³/mol. The molecule has 4 rings (SSSR count). The van der Waals surface area contributed by atoms with Gasteiger partial charge in [0, 0.05) is 21.0 Å². The molecule has 0 fully saturated rings. The summed E-state index contributed by atoms with van der Waals surface area (Å²) in [5.41, 5.74) is 0.954. The highest BCUT2D eigenvalue weighted by atomic mass is 32.1. The zero-order valence-corrected chi connectivity index (χ0v) is 14.2. The van der Waals surface area contributed by atoms with Crippen molar-refractivity contribution in [3.63, 3.8) is 0 Å². The fraction of sp³-hybridized carbons (Fsp3) is 0.0909. The minimum atomic E-state index is 0.802. The molecule has 0 amide bonds. The lowest BCUT2D eigenvalue weighted by Gasteiger charge is -1.88. The molecule has 0 aliphatic heterocycles. The molecule has 0 saturated heterocycles. The van der Waals surface area contributed by atoms with Gasteiger partial charge >= 0.3 is 0 Å². The van der Waals surface area contributed by atoms with Crippen LogP contribution in [0.15, 0.2) is 71.7 Å². The summed E-state index contributed by atoms with van der Waals surface area (Å²) in [5, 5.41) is 3.79. The molecule has 4 aromatic rings. The molecule has 0 aliphatic rings. The van der Waals surface area contributed by atoms with Gasteiger partial charge in [0.05, 0.1) is 0 Å². The van der Waals surface area contributed by atoms with Crippen LogP contribution in [0, 0.1) is 0 Å². The van der Waals surface area contributed by atoms with Crippen LogP contribution in [-0.4, -0.2) is 0 Å². The largest absolute Gasteiger partial charge is 0.461 e. The predicted octanol–water partition coefficient (Wildman–Crippen LogP) is 5.03. The van der Waals surface area contributed by atoms with E-state index in [4.69, 9.17) is 4.42 Å². The van der Waals surface area contributed by atoms with Crippen molar-refractivity contribution in [3.8, 4) is 0 Å². The summed E-state index contributed by atoms with van der Waals surface area (Å²) in [4.78, 5) is 0. The Morgan fingerprint density at radius 2 is 1.83 bits per heavy atom. The van der Waals surface area contributed by atoms with Gasteiger partial charge in [-0.1, -0.05) is 54.6 Å². The van der Waals surface area contributed by atoms with Gasteiger partial charge in [-0.15, -0.1) is 17.9 Å². The van der Waals surface area contributed by atoms with Gasteiger partial charge in [0.15, 0.2) is 0 Å². The van der Waals surface area contributed by atoms with E-state index in [-0.39, 0.29) is 0 Å². The van der Waals surface area contributed by atoms with E-state index in [2.05, 4.69) is 55.1 Å². The van der Waals surface area contributed by atoms with Crippen LogP contribution in [-0.2, 0) is 6.42 Å². The average Bonchev–Trinajstić information content (AvgIpc) is 3.18. The monoisotopic (exact) mass is 330 g/mol. The number of fused-ring (bicyclic) bond motifs is 2. The highest BCUT2D eigenvalue weighted by Crippen LogP contribution is 2.19. The Bertz CT molecular complexity index is 1090. The van der Waals surface area contributed by atoms with E-state index in [1.54, 1.807) is 0 Å². The molecular weight excluding hydrogens is 312 g/mol. The van der Waals surface area contributed by atoms with Gasteiger partial charge in [0.1, 0.15) is 11.3 Å². The van der Waals surface area contributed by atoms with Gasteiger partial charge in [-0.25, -0.2) is 0 Å². The second-order valence-electron chi connectivity index (χ2n) is 5.76. The number of para-hydroxylation sites is 1. The summed E-state index contributed by atoms with van der Waals surface area (Å²) in [6.07, 6.45) is 8.16. The molecule has 118 valence electrons. The fourth-order valence-electron chi connectivity index (χ4n) is 2.98. The van der Waals surface area contributed by atoms with Gasteiger partial charge in [0.2, 0.25) is 0 Å². The van der Waals surface area contributed by atoms with Gasteiger partial charge in [-0.2, -0.15) is 0 Å². The third kappa shape index (κ3) is 2.81. The van der Waals surface area contributed by atoms with E-state index in [1.165, 1.54) is 19.8 Å². The first-order valence-corrected chi connectivity index (χ1v) is 8.93. The van der Waals surface area contributed by atoms with E-state index < -0.39 is 0 Å². The van der Waals surface area contributed by atoms with Crippen LogP contribution in [0.25, 0.3) is 33.2 Å². The second-order valence-corrected chi connectivity index (χ2v) is 6.85. The molecule has 0 unspecified atom stereocenters. The molecule has 0 atom stereocenters. The number of rotatable bonds is 4. The first-order valence-electron chi connectivity index (χ1n) is 8.11. The summed E-state index contributed by atoms with van der Waals surface area (Å²) in [6.45, 7) is 3.83. The summed E-state index contributed by atoms with van der Waals surface area (Å²) in [6, 6.07) is 18.9. The highest BCUT2D eigenvalue weighted by Gasteiger charge is 2.03. The highest BCUT2D eigenvalue weighted by molar-refractivity contribution is 7.17. The van der Waals surface area contributed by atoms with Crippen molar-refractivity contribution in [3.05, 3.63) is 82.8 Å². The molecule has 0 radical (unpaired) electrons. The quantitative estimate of drug-likeness (QED) is 0.479. The topological polar surface area (TPSA) is 13.1 Å². The Morgan fingerprint density at radius 1 is 1.00 bits per heavy atom. The summed E-state index contributed by atoms with van der Waals surface area (Å²) in [5.74, 6) is 1.00. The van der Waals surface area contributed by atoms with E-state index in [0.29, 0.717) is 0 Å². The SMILES string of the molecule is C=CC/C=c1\c(=C/Cc2cc3ccccc3o2)sc2ccccc12. The third-order valence-electron chi connectivity index (χ3n) is 4.12. The Morgan fingerprint density at radius 3 is 2.71 bits per heavy atom. The van der Waals surface area contributed by atoms with Crippen LogP contribution in [0.4, 0.5) is 0 Å². The normalized spacial score (nSPS) is 13.2. The number of hydrogen-bond acceptors (Lipinski definition) is 2. The minimum absolute atomic E-state index is 0.802. The number of allylic oxidation sites excluding steroid dienone is 1. The molecule has 24 heavy (non-hydrogen) atoms. The summed E-state index contributed by atoms with van der Waals surface area (Å²) >= 11 is 1.84. The Hall–Kier alpha value is -2.58. The molecule has 0 bridgehead atoms. The minimum Gasteiger partial charge on any atom is -0.461 e. The van der Waals surface area contributed by atoms with Gasteiger partial charge in [-0.05, 0) is 35.2 Å². The van der Waals surface area contributed by atoms with Crippen LogP contribution in [0.5, 0.6) is 0 Å². The van der Waals surface area contributed by atoms with Crippen LogP contribution in [0.2, 0.25) is 0 Å². The van der Waals surface area contributed by atoms with Crippen LogP contribution in [0.1, 0.15) is 12.2 Å².